The molecule has 1 aliphatic carbocycles. The minimum atomic E-state index is -0.755. The predicted octanol–water partition coefficient (Wildman–Crippen LogP) is 2.64. The maximum absolute atomic E-state index is 12.4. The molecule has 0 saturated heterocycles. The van der Waals surface area contributed by atoms with E-state index >= 15 is 0 Å². The first-order chi connectivity index (χ1) is 10.4. The van der Waals surface area contributed by atoms with Crippen LogP contribution in [0.5, 0.6) is 5.75 Å². The third-order valence-electron chi connectivity index (χ3n) is 3.81. The lowest BCUT2D eigenvalue weighted by atomic mass is 9.85. The number of phenols is 1. The molecule has 0 radical (unpaired) electrons. The van der Waals surface area contributed by atoms with E-state index in [4.69, 9.17) is 9.47 Å². The van der Waals surface area contributed by atoms with Gasteiger partial charge in [-0.3, -0.25) is 9.59 Å². The summed E-state index contributed by atoms with van der Waals surface area (Å²) in [7, 11) is 1.18. The second-order valence-corrected chi connectivity index (χ2v) is 5.21. The number of ketones is 2. The third kappa shape index (κ3) is 1.73. The molecule has 1 aromatic carbocycles. The van der Waals surface area contributed by atoms with Gasteiger partial charge in [0.15, 0.2) is 0 Å². The van der Waals surface area contributed by atoms with E-state index in [9.17, 15) is 19.8 Å². The Labute approximate surface area is 126 Å². The van der Waals surface area contributed by atoms with Crippen LogP contribution >= 0.6 is 0 Å². The largest absolute Gasteiger partial charge is 0.507 e. The summed E-state index contributed by atoms with van der Waals surface area (Å²) in [6.07, 6.45) is 1.21. The summed E-state index contributed by atoms with van der Waals surface area (Å²) in [5, 5.41) is 20.3. The second kappa shape index (κ2) is 4.62. The third-order valence-corrected chi connectivity index (χ3v) is 3.81. The van der Waals surface area contributed by atoms with Crippen LogP contribution in [0.3, 0.4) is 0 Å². The van der Waals surface area contributed by atoms with Crippen LogP contribution in [-0.2, 0) is 9.47 Å². The van der Waals surface area contributed by atoms with E-state index in [1.54, 1.807) is 19.9 Å². The molecular weight excluding hydrogens is 288 g/mol. The molecule has 0 aromatic heterocycles. The van der Waals surface area contributed by atoms with E-state index in [0.717, 1.165) is 0 Å². The number of benzene rings is 1. The van der Waals surface area contributed by atoms with E-state index < -0.39 is 29.2 Å². The molecule has 1 atom stereocenters. The van der Waals surface area contributed by atoms with Gasteiger partial charge in [-0.1, -0.05) is 0 Å². The quantitative estimate of drug-likeness (QED) is 0.828. The van der Waals surface area contributed by atoms with Crippen molar-refractivity contribution in [3.63, 3.8) is 0 Å². The van der Waals surface area contributed by atoms with Crippen LogP contribution in [0.25, 0.3) is 6.08 Å². The Morgan fingerprint density at radius 1 is 1.23 bits per heavy atom. The lowest BCUT2D eigenvalue weighted by molar-refractivity contribution is 0.0850. The average molecular weight is 302 g/mol. The van der Waals surface area contributed by atoms with E-state index in [0.29, 0.717) is 16.9 Å². The van der Waals surface area contributed by atoms with Crippen LogP contribution in [0.2, 0.25) is 0 Å². The van der Waals surface area contributed by atoms with Crippen molar-refractivity contribution in [2.75, 3.05) is 7.11 Å². The van der Waals surface area contributed by atoms with Gasteiger partial charge in [0.1, 0.15) is 11.9 Å². The van der Waals surface area contributed by atoms with Crippen LogP contribution in [0.4, 0.5) is 0 Å². The smallest absolute Gasteiger partial charge is 0.236 e. The lowest BCUT2D eigenvalue weighted by Crippen LogP contribution is -2.24. The molecule has 0 bridgehead atoms. The van der Waals surface area contributed by atoms with Crippen molar-refractivity contribution in [2.24, 2.45) is 0 Å². The number of hydrogen-bond donors (Lipinski definition) is 2. The molecule has 1 aromatic rings. The molecule has 1 heterocycles. The fourth-order valence-electron chi connectivity index (χ4n) is 2.89. The van der Waals surface area contributed by atoms with Crippen LogP contribution in [-0.4, -0.2) is 28.9 Å². The number of carbonyl (C=O) groups is 2. The highest BCUT2D eigenvalue weighted by Gasteiger charge is 2.38. The maximum Gasteiger partial charge on any atom is 0.236 e. The minimum absolute atomic E-state index is 0.0438. The number of allylic oxidation sites excluding steroid dienone is 3. The van der Waals surface area contributed by atoms with Crippen molar-refractivity contribution in [3.8, 4) is 5.75 Å². The number of aromatic hydroxyl groups is 1. The SMILES string of the molecule is COC1=C(O)C(=O)c2cc3c(c(O)c2C1=O)C(C)OC(C)=C3. The number of carbonyl (C=O) groups excluding carboxylic acids is 2. The van der Waals surface area contributed by atoms with Crippen LogP contribution < -0.4 is 0 Å². The Bertz CT molecular complexity index is 784. The van der Waals surface area contributed by atoms with Gasteiger partial charge in [-0.2, -0.15) is 0 Å². The molecule has 6 heteroatoms. The highest BCUT2D eigenvalue weighted by atomic mass is 16.5. The number of rotatable bonds is 1. The highest BCUT2D eigenvalue weighted by Crippen LogP contribution is 2.43. The molecule has 2 N–H and O–H groups in total. The van der Waals surface area contributed by atoms with E-state index in [-0.39, 0.29) is 16.9 Å². The van der Waals surface area contributed by atoms with E-state index in [1.165, 1.54) is 13.2 Å². The Balaban J connectivity index is 2.34. The van der Waals surface area contributed by atoms with Gasteiger partial charge < -0.3 is 19.7 Å². The Morgan fingerprint density at radius 3 is 2.55 bits per heavy atom. The van der Waals surface area contributed by atoms with Crippen LogP contribution in [0, 0.1) is 0 Å². The topological polar surface area (TPSA) is 93.1 Å². The normalized spacial score (nSPS) is 20.1. The summed E-state index contributed by atoms with van der Waals surface area (Å²) >= 11 is 0. The molecule has 3 rings (SSSR count). The van der Waals surface area contributed by atoms with Crippen molar-refractivity contribution in [1.29, 1.82) is 0 Å². The van der Waals surface area contributed by atoms with Gasteiger partial charge in [-0.25, -0.2) is 0 Å². The molecule has 1 aliphatic heterocycles. The number of methoxy groups -OCH3 is 1. The first kappa shape index (κ1) is 14.2. The highest BCUT2D eigenvalue weighted by molar-refractivity contribution is 6.26. The average Bonchev–Trinajstić information content (AvgIpc) is 2.44. The van der Waals surface area contributed by atoms with Gasteiger partial charge in [0.2, 0.25) is 23.1 Å². The van der Waals surface area contributed by atoms with E-state index in [2.05, 4.69) is 0 Å². The number of Topliss-reactive ketones (excluding diaryl/α,β-unsaturated/α-hetero) is 2. The standard InChI is InChI=1S/C16H14O6/c1-6-4-8-5-9-11(13(18)10(8)7(2)22-6)14(19)16(21-3)15(20)12(9)17/h4-5,7,18,20H,1-3H3. The fraction of sp³-hybridized carbons (Fsp3) is 0.250. The van der Waals surface area contributed by atoms with Gasteiger partial charge >= 0.3 is 0 Å². The van der Waals surface area contributed by atoms with E-state index in [1.807, 2.05) is 0 Å². The van der Waals surface area contributed by atoms with Gasteiger partial charge in [0.25, 0.3) is 0 Å². The number of ether oxygens (including phenoxy) is 2. The zero-order chi connectivity index (χ0) is 16.2. The molecule has 0 fully saturated rings. The van der Waals surface area contributed by atoms with Crippen molar-refractivity contribution >= 4 is 17.6 Å². The van der Waals surface area contributed by atoms with Crippen molar-refractivity contribution in [2.45, 2.75) is 20.0 Å². The minimum Gasteiger partial charge on any atom is -0.507 e. The zero-order valence-electron chi connectivity index (χ0n) is 12.3. The van der Waals surface area contributed by atoms with Gasteiger partial charge in [0, 0.05) is 11.1 Å². The number of hydrogen-bond acceptors (Lipinski definition) is 6. The molecular formula is C16H14O6. The monoisotopic (exact) mass is 302 g/mol. The number of phenolic OH excluding ortho intramolecular Hbond substituents is 1. The van der Waals surface area contributed by atoms with Crippen LogP contribution in [0.15, 0.2) is 23.3 Å². The maximum atomic E-state index is 12.4. The second-order valence-electron chi connectivity index (χ2n) is 5.21. The van der Waals surface area contributed by atoms with Crippen molar-refractivity contribution < 1.29 is 29.3 Å². The predicted molar refractivity (Wildman–Crippen MR) is 76.6 cm³/mol. The van der Waals surface area contributed by atoms with Gasteiger partial charge in [-0.05, 0) is 31.6 Å². The summed E-state index contributed by atoms with van der Waals surface area (Å²) in [6, 6.07) is 1.48. The Hall–Kier alpha value is -2.76. The first-order valence-electron chi connectivity index (χ1n) is 6.68. The molecule has 114 valence electrons. The number of aliphatic hydroxyl groups is 1. The zero-order valence-corrected chi connectivity index (χ0v) is 12.3. The number of fused-ring (bicyclic) bond motifs is 2. The first-order valence-corrected chi connectivity index (χ1v) is 6.68. The van der Waals surface area contributed by atoms with Gasteiger partial charge in [0.05, 0.1) is 18.4 Å². The summed E-state index contributed by atoms with van der Waals surface area (Å²) in [5.74, 6) is -2.39. The lowest BCUT2D eigenvalue weighted by Gasteiger charge is -2.27. The van der Waals surface area contributed by atoms with Crippen LogP contribution in [0.1, 0.15) is 51.8 Å². The summed E-state index contributed by atoms with van der Waals surface area (Å²) in [5.41, 5.74) is 0.809. The Morgan fingerprint density at radius 2 is 1.91 bits per heavy atom. The summed E-state index contributed by atoms with van der Waals surface area (Å²) < 4.78 is 10.3. The van der Waals surface area contributed by atoms with Crippen molar-refractivity contribution in [1.82, 2.24) is 0 Å². The van der Waals surface area contributed by atoms with Gasteiger partial charge in [-0.15, -0.1) is 0 Å². The molecule has 2 aliphatic rings. The molecule has 0 amide bonds. The molecule has 1 unspecified atom stereocenters. The number of aliphatic hydroxyl groups excluding tert-OH is 1. The molecule has 6 nitrogen and oxygen atoms in total. The molecule has 0 saturated carbocycles. The molecule has 0 spiro atoms. The molecule has 22 heavy (non-hydrogen) atoms. The summed E-state index contributed by atoms with van der Waals surface area (Å²) in [6.45, 7) is 3.49. The fourth-order valence-corrected chi connectivity index (χ4v) is 2.89. The Kier molecular flexibility index (Phi) is 2.98. The van der Waals surface area contributed by atoms with Crippen molar-refractivity contribution in [3.05, 3.63) is 45.6 Å². The summed E-state index contributed by atoms with van der Waals surface area (Å²) in [4.78, 5) is 24.6.